The van der Waals surface area contributed by atoms with E-state index in [2.05, 4.69) is 42.4 Å². The molecule has 1 aromatic rings. The van der Waals surface area contributed by atoms with Crippen LogP contribution in [0, 0.1) is 6.92 Å². The fourth-order valence-electron chi connectivity index (χ4n) is 3.47. The third-order valence-corrected chi connectivity index (χ3v) is 4.39. The summed E-state index contributed by atoms with van der Waals surface area (Å²) in [7, 11) is 3.87. The number of nitrogens with one attached hydrogen (secondary N) is 1. The van der Waals surface area contributed by atoms with E-state index in [4.69, 9.17) is 0 Å². The van der Waals surface area contributed by atoms with Crippen LogP contribution in [0.25, 0.3) is 0 Å². The molecule has 1 fully saturated rings. The zero-order valence-corrected chi connectivity index (χ0v) is 11.8. The van der Waals surface area contributed by atoms with E-state index in [1.54, 1.807) is 7.05 Å². The van der Waals surface area contributed by atoms with Gasteiger partial charge in [0.1, 0.15) is 0 Å². The smallest absolute Gasteiger partial charge is 0.321 e. The molecule has 0 aromatic heterocycles. The Hall–Kier alpha value is -1.55. The van der Waals surface area contributed by atoms with Crippen LogP contribution in [0.4, 0.5) is 10.5 Å². The zero-order chi connectivity index (χ0) is 13.6. The molecule has 2 heterocycles. The molecule has 2 aliphatic rings. The summed E-state index contributed by atoms with van der Waals surface area (Å²) >= 11 is 0. The fraction of sp³-hybridized carbons (Fsp3) is 0.533. The normalized spacial score (nSPS) is 25.9. The van der Waals surface area contributed by atoms with Gasteiger partial charge in [-0.15, -0.1) is 0 Å². The zero-order valence-electron chi connectivity index (χ0n) is 11.8. The highest BCUT2D eigenvalue weighted by Crippen LogP contribution is 2.44. The second-order valence-electron chi connectivity index (χ2n) is 5.71. The Morgan fingerprint density at radius 1 is 1.42 bits per heavy atom. The molecule has 0 radical (unpaired) electrons. The fourth-order valence-corrected chi connectivity index (χ4v) is 3.47. The second-order valence-corrected chi connectivity index (χ2v) is 5.71. The van der Waals surface area contributed by atoms with E-state index in [-0.39, 0.29) is 6.03 Å². The summed E-state index contributed by atoms with van der Waals surface area (Å²) in [6.45, 7) is 4.21. The number of anilines is 1. The van der Waals surface area contributed by atoms with Crippen LogP contribution in [0.2, 0.25) is 0 Å². The minimum Gasteiger partial charge on any atom is -0.341 e. The topological polar surface area (TPSA) is 35.6 Å². The van der Waals surface area contributed by atoms with Crippen molar-refractivity contribution in [3.8, 4) is 0 Å². The van der Waals surface area contributed by atoms with E-state index in [0.717, 1.165) is 25.2 Å². The van der Waals surface area contributed by atoms with Crippen LogP contribution in [0.15, 0.2) is 18.2 Å². The summed E-state index contributed by atoms with van der Waals surface area (Å²) in [5, 5.41) is 2.78. The molecule has 2 amide bonds. The molecule has 0 bridgehead atoms. The molecule has 0 aliphatic carbocycles. The van der Waals surface area contributed by atoms with E-state index >= 15 is 0 Å². The van der Waals surface area contributed by atoms with Crippen LogP contribution in [0.5, 0.6) is 0 Å². The Balaban J connectivity index is 2.06. The Morgan fingerprint density at radius 3 is 2.95 bits per heavy atom. The summed E-state index contributed by atoms with van der Waals surface area (Å²) in [5.74, 6) is 0.450. The van der Waals surface area contributed by atoms with Crippen LogP contribution in [0.3, 0.4) is 0 Å². The second kappa shape index (κ2) is 4.53. The first-order chi connectivity index (χ1) is 9.11. The molecule has 1 saturated heterocycles. The van der Waals surface area contributed by atoms with Gasteiger partial charge in [0.15, 0.2) is 0 Å². The molecular formula is C15H21N3O. The number of benzene rings is 1. The van der Waals surface area contributed by atoms with Crippen molar-refractivity contribution < 1.29 is 4.79 Å². The molecule has 2 aliphatic heterocycles. The quantitative estimate of drug-likeness (QED) is 0.773. The van der Waals surface area contributed by atoms with Gasteiger partial charge >= 0.3 is 6.03 Å². The standard InChI is InChI=1S/C15H21N3O/c1-10-4-5-13-11(8-10)12-9-17(3)7-6-14(12)18(13)15(19)16-2/h4-5,8,12,14H,6-7,9H2,1-3H3,(H,16,19)/t12-,14+/m0/s1. The number of rotatable bonds is 0. The predicted octanol–water partition coefficient (Wildman–Crippen LogP) is 1.94. The number of likely N-dealkylation sites (tertiary alicyclic amines) is 1. The number of hydrogen-bond acceptors (Lipinski definition) is 2. The minimum absolute atomic E-state index is 0.0159. The van der Waals surface area contributed by atoms with E-state index in [1.807, 2.05) is 4.90 Å². The lowest BCUT2D eigenvalue weighted by atomic mass is 9.89. The van der Waals surface area contributed by atoms with Crippen molar-refractivity contribution in [2.24, 2.45) is 0 Å². The number of aryl methyl sites for hydroxylation is 1. The number of nitrogens with zero attached hydrogens (tertiary/aromatic N) is 2. The maximum atomic E-state index is 12.2. The summed E-state index contributed by atoms with van der Waals surface area (Å²) in [4.78, 5) is 16.5. The van der Waals surface area contributed by atoms with Gasteiger partial charge in [-0.1, -0.05) is 17.7 Å². The van der Waals surface area contributed by atoms with Gasteiger partial charge in [-0.25, -0.2) is 4.79 Å². The van der Waals surface area contributed by atoms with Crippen molar-refractivity contribution in [2.75, 3.05) is 32.1 Å². The molecule has 3 rings (SSSR count). The van der Waals surface area contributed by atoms with Crippen molar-refractivity contribution in [3.05, 3.63) is 29.3 Å². The Labute approximate surface area is 114 Å². The predicted molar refractivity (Wildman–Crippen MR) is 76.8 cm³/mol. The summed E-state index contributed by atoms with van der Waals surface area (Å²) in [6, 6.07) is 6.76. The van der Waals surface area contributed by atoms with Crippen LogP contribution in [-0.2, 0) is 0 Å². The first-order valence-corrected chi connectivity index (χ1v) is 6.92. The van der Waals surface area contributed by atoms with Gasteiger partial charge < -0.3 is 10.2 Å². The lowest BCUT2D eigenvalue weighted by Gasteiger charge is -2.36. The maximum absolute atomic E-state index is 12.2. The first kappa shape index (κ1) is 12.5. The van der Waals surface area contributed by atoms with Gasteiger partial charge in [0.2, 0.25) is 0 Å². The van der Waals surface area contributed by atoms with E-state index < -0.39 is 0 Å². The highest BCUT2D eigenvalue weighted by atomic mass is 16.2. The number of carbonyl (C=O) groups excluding carboxylic acids is 1. The number of urea groups is 1. The monoisotopic (exact) mass is 259 g/mol. The van der Waals surface area contributed by atoms with E-state index in [9.17, 15) is 4.79 Å². The summed E-state index contributed by atoms with van der Waals surface area (Å²) in [6.07, 6.45) is 1.04. The number of amides is 2. The van der Waals surface area contributed by atoms with Gasteiger partial charge in [0, 0.05) is 31.2 Å². The molecule has 4 nitrogen and oxygen atoms in total. The maximum Gasteiger partial charge on any atom is 0.321 e. The highest BCUT2D eigenvalue weighted by Gasteiger charge is 2.43. The number of likely N-dealkylation sites (N-methyl/N-ethyl adjacent to an activating group) is 1. The van der Waals surface area contributed by atoms with Crippen molar-refractivity contribution in [2.45, 2.75) is 25.3 Å². The van der Waals surface area contributed by atoms with Gasteiger partial charge in [0.25, 0.3) is 0 Å². The largest absolute Gasteiger partial charge is 0.341 e. The van der Waals surface area contributed by atoms with Gasteiger partial charge in [0.05, 0.1) is 0 Å². The van der Waals surface area contributed by atoms with Crippen LogP contribution >= 0.6 is 0 Å². The average molecular weight is 259 g/mol. The third-order valence-electron chi connectivity index (χ3n) is 4.39. The van der Waals surface area contributed by atoms with E-state index in [1.165, 1.54) is 11.1 Å². The molecular weight excluding hydrogens is 238 g/mol. The van der Waals surface area contributed by atoms with Crippen LogP contribution in [-0.4, -0.2) is 44.2 Å². The van der Waals surface area contributed by atoms with Gasteiger partial charge in [-0.05, 0) is 38.6 Å². The molecule has 1 N–H and O–H groups in total. The Bertz CT molecular complexity index is 514. The number of carbonyl (C=O) groups is 1. The molecule has 0 unspecified atom stereocenters. The summed E-state index contributed by atoms with van der Waals surface area (Å²) in [5.41, 5.74) is 3.69. The average Bonchev–Trinajstić information content (AvgIpc) is 2.71. The highest BCUT2D eigenvalue weighted by molar-refractivity contribution is 5.95. The number of piperidine rings is 1. The molecule has 4 heteroatoms. The SMILES string of the molecule is CNC(=O)N1c2ccc(C)cc2[C@@H]2CN(C)CC[C@H]21. The van der Waals surface area contributed by atoms with Crippen molar-refractivity contribution >= 4 is 11.7 Å². The lowest BCUT2D eigenvalue weighted by molar-refractivity contribution is 0.220. The van der Waals surface area contributed by atoms with Crippen LogP contribution in [0.1, 0.15) is 23.5 Å². The van der Waals surface area contributed by atoms with E-state index in [0.29, 0.717) is 12.0 Å². The molecule has 1 aromatic carbocycles. The third kappa shape index (κ3) is 1.91. The van der Waals surface area contributed by atoms with Crippen LogP contribution < -0.4 is 10.2 Å². The van der Waals surface area contributed by atoms with Crippen molar-refractivity contribution in [1.29, 1.82) is 0 Å². The Kier molecular flexibility index (Phi) is 2.97. The van der Waals surface area contributed by atoms with Crippen molar-refractivity contribution in [1.82, 2.24) is 10.2 Å². The number of fused-ring (bicyclic) bond motifs is 3. The Morgan fingerprint density at radius 2 is 2.21 bits per heavy atom. The molecule has 0 saturated carbocycles. The molecule has 0 spiro atoms. The molecule has 102 valence electrons. The molecule has 2 atom stereocenters. The lowest BCUT2D eigenvalue weighted by Crippen LogP contribution is -2.49. The molecule has 19 heavy (non-hydrogen) atoms. The first-order valence-electron chi connectivity index (χ1n) is 6.92. The van der Waals surface area contributed by atoms with Gasteiger partial charge in [-0.3, -0.25) is 4.90 Å². The van der Waals surface area contributed by atoms with Gasteiger partial charge in [-0.2, -0.15) is 0 Å². The minimum atomic E-state index is 0.0159. The number of hydrogen-bond donors (Lipinski definition) is 1. The summed E-state index contributed by atoms with van der Waals surface area (Å²) < 4.78 is 0. The van der Waals surface area contributed by atoms with Crippen molar-refractivity contribution in [3.63, 3.8) is 0 Å².